The highest BCUT2D eigenvalue weighted by atomic mass is 32.1. The van der Waals surface area contributed by atoms with Crippen LogP contribution in [0.3, 0.4) is 0 Å². The van der Waals surface area contributed by atoms with E-state index in [1.54, 1.807) is 23.5 Å². The fraction of sp³-hybridized carbons (Fsp3) is 0.308. The molecule has 2 rings (SSSR count). The lowest BCUT2D eigenvalue weighted by molar-refractivity contribution is 0.573. The standard InChI is InChI=1S/C13H15FN2S/c1-13(2,3)11-8-17-12(16-11)15-10-6-4-9(14)5-7-10/h4-8H,1-3H3,(H,15,16). The van der Waals surface area contributed by atoms with Crippen LogP contribution < -0.4 is 5.32 Å². The third kappa shape index (κ3) is 3.03. The summed E-state index contributed by atoms with van der Waals surface area (Å²) in [6.07, 6.45) is 0. The van der Waals surface area contributed by atoms with Crippen LogP contribution in [0.25, 0.3) is 0 Å². The van der Waals surface area contributed by atoms with E-state index in [9.17, 15) is 4.39 Å². The van der Waals surface area contributed by atoms with Crippen molar-refractivity contribution in [3.8, 4) is 0 Å². The van der Waals surface area contributed by atoms with E-state index < -0.39 is 0 Å². The van der Waals surface area contributed by atoms with Crippen LogP contribution in [0.4, 0.5) is 15.2 Å². The van der Waals surface area contributed by atoms with Crippen LogP contribution >= 0.6 is 11.3 Å². The second-order valence-corrected chi connectivity index (χ2v) is 5.78. The molecule has 0 fully saturated rings. The summed E-state index contributed by atoms with van der Waals surface area (Å²) in [5.41, 5.74) is 1.97. The summed E-state index contributed by atoms with van der Waals surface area (Å²) in [5, 5.41) is 6.05. The SMILES string of the molecule is CC(C)(C)c1csc(Nc2ccc(F)cc2)n1. The number of halogens is 1. The Kier molecular flexibility index (Phi) is 3.15. The molecule has 17 heavy (non-hydrogen) atoms. The molecule has 0 aliphatic carbocycles. The highest BCUT2D eigenvalue weighted by Gasteiger charge is 2.17. The summed E-state index contributed by atoms with van der Waals surface area (Å²) in [4.78, 5) is 4.51. The second kappa shape index (κ2) is 4.45. The zero-order valence-corrected chi connectivity index (χ0v) is 10.9. The van der Waals surface area contributed by atoms with Gasteiger partial charge in [0.1, 0.15) is 5.82 Å². The van der Waals surface area contributed by atoms with Crippen LogP contribution in [0.15, 0.2) is 29.6 Å². The number of aromatic nitrogens is 1. The number of hydrogen-bond donors (Lipinski definition) is 1. The molecule has 1 heterocycles. The van der Waals surface area contributed by atoms with Gasteiger partial charge in [0.2, 0.25) is 0 Å². The predicted octanol–water partition coefficient (Wildman–Crippen LogP) is 4.32. The minimum absolute atomic E-state index is 0.0548. The van der Waals surface area contributed by atoms with Gasteiger partial charge in [0, 0.05) is 16.5 Å². The average Bonchev–Trinajstić information content (AvgIpc) is 2.69. The molecule has 0 saturated carbocycles. The van der Waals surface area contributed by atoms with E-state index in [2.05, 4.69) is 31.1 Å². The van der Waals surface area contributed by atoms with E-state index in [-0.39, 0.29) is 11.2 Å². The Morgan fingerprint density at radius 3 is 2.35 bits per heavy atom. The normalized spacial score (nSPS) is 11.5. The third-order valence-corrected chi connectivity index (χ3v) is 3.13. The Labute approximate surface area is 105 Å². The first kappa shape index (κ1) is 12.0. The van der Waals surface area contributed by atoms with Gasteiger partial charge >= 0.3 is 0 Å². The Morgan fingerprint density at radius 2 is 1.82 bits per heavy atom. The van der Waals surface area contributed by atoms with Crippen LogP contribution in [-0.4, -0.2) is 4.98 Å². The minimum atomic E-state index is -0.231. The maximum absolute atomic E-state index is 12.7. The number of nitrogens with one attached hydrogen (secondary N) is 1. The second-order valence-electron chi connectivity index (χ2n) is 4.92. The summed E-state index contributed by atoms with van der Waals surface area (Å²) in [6.45, 7) is 6.39. The minimum Gasteiger partial charge on any atom is -0.332 e. The number of rotatable bonds is 2. The summed E-state index contributed by atoms with van der Waals surface area (Å²) < 4.78 is 12.7. The predicted molar refractivity (Wildman–Crippen MR) is 70.5 cm³/mol. The molecule has 0 bridgehead atoms. The van der Waals surface area contributed by atoms with Gasteiger partial charge in [-0.05, 0) is 24.3 Å². The zero-order valence-electron chi connectivity index (χ0n) is 10.1. The fourth-order valence-corrected chi connectivity index (χ4v) is 2.29. The molecule has 0 radical (unpaired) electrons. The van der Waals surface area contributed by atoms with Crippen molar-refractivity contribution in [2.75, 3.05) is 5.32 Å². The lowest BCUT2D eigenvalue weighted by atomic mass is 9.93. The molecule has 1 aromatic carbocycles. The number of nitrogens with zero attached hydrogens (tertiary/aromatic N) is 1. The first-order valence-corrected chi connectivity index (χ1v) is 6.32. The molecule has 1 N–H and O–H groups in total. The maximum Gasteiger partial charge on any atom is 0.187 e. The molecule has 0 saturated heterocycles. The van der Waals surface area contributed by atoms with E-state index >= 15 is 0 Å². The van der Waals surface area contributed by atoms with Crippen molar-refractivity contribution in [2.24, 2.45) is 0 Å². The molecular weight excluding hydrogens is 235 g/mol. The Bertz CT molecular complexity index is 497. The molecule has 90 valence electrons. The van der Waals surface area contributed by atoms with Gasteiger partial charge in [0.25, 0.3) is 0 Å². The van der Waals surface area contributed by atoms with Gasteiger partial charge in [0.15, 0.2) is 5.13 Å². The van der Waals surface area contributed by atoms with Crippen molar-refractivity contribution in [3.63, 3.8) is 0 Å². The third-order valence-electron chi connectivity index (χ3n) is 2.37. The monoisotopic (exact) mass is 250 g/mol. The van der Waals surface area contributed by atoms with Gasteiger partial charge in [-0.1, -0.05) is 20.8 Å². The highest BCUT2D eigenvalue weighted by molar-refractivity contribution is 7.13. The Morgan fingerprint density at radius 1 is 1.18 bits per heavy atom. The summed E-state index contributed by atoms with van der Waals surface area (Å²) >= 11 is 1.56. The topological polar surface area (TPSA) is 24.9 Å². The van der Waals surface area contributed by atoms with Gasteiger partial charge in [-0.25, -0.2) is 9.37 Å². The number of benzene rings is 1. The van der Waals surface area contributed by atoms with E-state index in [0.29, 0.717) is 0 Å². The molecule has 2 aromatic rings. The van der Waals surface area contributed by atoms with Crippen molar-refractivity contribution < 1.29 is 4.39 Å². The first-order valence-electron chi connectivity index (χ1n) is 5.44. The molecule has 0 spiro atoms. The van der Waals surface area contributed by atoms with Crippen molar-refractivity contribution in [3.05, 3.63) is 41.2 Å². The summed E-state index contributed by atoms with van der Waals surface area (Å²) in [7, 11) is 0. The Balaban J connectivity index is 2.14. The summed E-state index contributed by atoms with van der Waals surface area (Å²) in [6, 6.07) is 6.27. The molecule has 0 amide bonds. The van der Waals surface area contributed by atoms with Gasteiger partial charge in [0.05, 0.1) is 5.69 Å². The van der Waals surface area contributed by atoms with Gasteiger partial charge in [-0.2, -0.15) is 0 Å². The van der Waals surface area contributed by atoms with Gasteiger partial charge in [-0.3, -0.25) is 0 Å². The Hall–Kier alpha value is -1.42. The number of thiazole rings is 1. The largest absolute Gasteiger partial charge is 0.332 e. The van der Waals surface area contributed by atoms with Crippen molar-refractivity contribution in [2.45, 2.75) is 26.2 Å². The van der Waals surface area contributed by atoms with Crippen LogP contribution in [0.2, 0.25) is 0 Å². The molecule has 0 aliphatic rings. The highest BCUT2D eigenvalue weighted by Crippen LogP contribution is 2.28. The smallest absolute Gasteiger partial charge is 0.187 e. The molecule has 4 heteroatoms. The molecular formula is C13H15FN2S. The quantitative estimate of drug-likeness (QED) is 0.858. The van der Waals surface area contributed by atoms with E-state index in [4.69, 9.17) is 0 Å². The number of anilines is 2. The first-order chi connectivity index (χ1) is 7.95. The lowest BCUT2D eigenvalue weighted by Gasteiger charge is -2.14. The van der Waals surface area contributed by atoms with Crippen LogP contribution in [0.5, 0.6) is 0 Å². The summed E-state index contributed by atoms with van der Waals surface area (Å²) in [5.74, 6) is -0.231. The molecule has 1 aromatic heterocycles. The van der Waals surface area contributed by atoms with Crippen molar-refractivity contribution in [1.82, 2.24) is 4.98 Å². The zero-order chi connectivity index (χ0) is 12.5. The lowest BCUT2D eigenvalue weighted by Crippen LogP contribution is -2.11. The molecule has 2 nitrogen and oxygen atoms in total. The fourth-order valence-electron chi connectivity index (χ4n) is 1.33. The molecule has 0 aliphatic heterocycles. The number of hydrogen-bond acceptors (Lipinski definition) is 3. The molecule has 0 atom stereocenters. The van der Waals surface area contributed by atoms with Crippen LogP contribution in [0.1, 0.15) is 26.5 Å². The van der Waals surface area contributed by atoms with Crippen LogP contribution in [-0.2, 0) is 5.41 Å². The van der Waals surface area contributed by atoms with Crippen molar-refractivity contribution >= 4 is 22.2 Å². The van der Waals surface area contributed by atoms with E-state index in [1.807, 2.05) is 5.38 Å². The van der Waals surface area contributed by atoms with Crippen LogP contribution in [0, 0.1) is 5.82 Å². The maximum atomic E-state index is 12.7. The van der Waals surface area contributed by atoms with E-state index in [0.717, 1.165) is 16.5 Å². The van der Waals surface area contributed by atoms with E-state index in [1.165, 1.54) is 12.1 Å². The van der Waals surface area contributed by atoms with Crippen molar-refractivity contribution in [1.29, 1.82) is 0 Å². The van der Waals surface area contributed by atoms with Gasteiger partial charge in [-0.15, -0.1) is 11.3 Å². The average molecular weight is 250 g/mol. The van der Waals surface area contributed by atoms with Gasteiger partial charge < -0.3 is 5.32 Å². The molecule has 0 unspecified atom stereocenters.